The summed E-state index contributed by atoms with van der Waals surface area (Å²) >= 11 is 0. The Balaban J connectivity index is 1.77. The first-order chi connectivity index (χ1) is 11.2. The second kappa shape index (κ2) is 5.47. The third-order valence-corrected chi connectivity index (χ3v) is 4.30. The standard InChI is InChI=1S/C19H16N2O2/c1-12-6-8-13(9-7-12)19-15(11-20-21-19)18-10-16(22)14-4-2-3-5-17(14)23-18/h2-10,15,19H,11H2,1H3. The molecule has 0 N–H and O–H groups in total. The predicted octanol–water partition coefficient (Wildman–Crippen LogP) is 4.39. The van der Waals surface area contributed by atoms with E-state index < -0.39 is 0 Å². The van der Waals surface area contributed by atoms with Crippen LogP contribution in [-0.4, -0.2) is 6.54 Å². The molecule has 2 aromatic carbocycles. The largest absolute Gasteiger partial charge is 0.460 e. The molecule has 2 heterocycles. The van der Waals surface area contributed by atoms with Crippen LogP contribution in [0.15, 0.2) is 74.0 Å². The van der Waals surface area contributed by atoms with Crippen molar-refractivity contribution in [1.29, 1.82) is 0 Å². The van der Waals surface area contributed by atoms with E-state index in [-0.39, 0.29) is 17.4 Å². The lowest BCUT2D eigenvalue weighted by Crippen LogP contribution is -2.11. The van der Waals surface area contributed by atoms with E-state index >= 15 is 0 Å². The molecular weight excluding hydrogens is 288 g/mol. The van der Waals surface area contributed by atoms with Gasteiger partial charge in [-0.25, -0.2) is 0 Å². The summed E-state index contributed by atoms with van der Waals surface area (Å²) in [6.07, 6.45) is 0. The fourth-order valence-electron chi connectivity index (χ4n) is 3.02. The first-order valence-electron chi connectivity index (χ1n) is 7.68. The monoisotopic (exact) mass is 304 g/mol. The molecule has 114 valence electrons. The quantitative estimate of drug-likeness (QED) is 0.705. The highest BCUT2D eigenvalue weighted by atomic mass is 16.3. The van der Waals surface area contributed by atoms with E-state index in [0.717, 1.165) is 5.56 Å². The first kappa shape index (κ1) is 13.9. The van der Waals surface area contributed by atoms with Crippen LogP contribution < -0.4 is 5.43 Å². The van der Waals surface area contributed by atoms with Crippen molar-refractivity contribution in [3.05, 3.63) is 81.7 Å². The Bertz CT molecular complexity index is 941. The fraction of sp³-hybridized carbons (Fsp3) is 0.211. The number of hydrogen-bond donors (Lipinski definition) is 0. The maximum absolute atomic E-state index is 12.3. The van der Waals surface area contributed by atoms with Crippen molar-refractivity contribution in [3.63, 3.8) is 0 Å². The zero-order valence-corrected chi connectivity index (χ0v) is 12.8. The van der Waals surface area contributed by atoms with Crippen molar-refractivity contribution < 1.29 is 4.42 Å². The Labute approximate surface area is 133 Å². The summed E-state index contributed by atoms with van der Waals surface area (Å²) in [5, 5.41) is 9.17. The Morgan fingerprint density at radius 1 is 1.09 bits per heavy atom. The number of benzene rings is 2. The van der Waals surface area contributed by atoms with Gasteiger partial charge in [-0.2, -0.15) is 10.2 Å². The molecule has 4 heteroatoms. The van der Waals surface area contributed by atoms with Crippen LogP contribution in [0.5, 0.6) is 0 Å². The van der Waals surface area contributed by atoms with Gasteiger partial charge in [0.15, 0.2) is 5.43 Å². The van der Waals surface area contributed by atoms with E-state index in [1.54, 1.807) is 12.1 Å². The van der Waals surface area contributed by atoms with Crippen LogP contribution in [0.1, 0.15) is 28.8 Å². The molecule has 4 nitrogen and oxygen atoms in total. The second-order valence-electron chi connectivity index (χ2n) is 5.91. The molecule has 1 aliphatic heterocycles. The average Bonchev–Trinajstić information content (AvgIpc) is 3.05. The number of aryl methyl sites for hydroxylation is 1. The minimum atomic E-state index is -0.0973. The van der Waals surface area contributed by atoms with Crippen molar-refractivity contribution >= 4 is 11.0 Å². The molecule has 3 aromatic rings. The van der Waals surface area contributed by atoms with Gasteiger partial charge in [-0.3, -0.25) is 4.79 Å². The third-order valence-electron chi connectivity index (χ3n) is 4.30. The van der Waals surface area contributed by atoms with Gasteiger partial charge in [-0.05, 0) is 24.6 Å². The molecule has 4 rings (SSSR count). The molecule has 0 saturated heterocycles. The summed E-state index contributed by atoms with van der Waals surface area (Å²) in [5.41, 5.74) is 2.90. The van der Waals surface area contributed by atoms with Crippen molar-refractivity contribution in [3.8, 4) is 0 Å². The molecule has 23 heavy (non-hydrogen) atoms. The van der Waals surface area contributed by atoms with Gasteiger partial charge in [0.25, 0.3) is 0 Å². The van der Waals surface area contributed by atoms with Gasteiger partial charge in [-0.1, -0.05) is 42.0 Å². The molecular formula is C19H16N2O2. The summed E-state index contributed by atoms with van der Waals surface area (Å²) in [6, 6.07) is 17.1. The number of nitrogens with zero attached hydrogens (tertiary/aromatic N) is 2. The van der Waals surface area contributed by atoms with Gasteiger partial charge in [-0.15, -0.1) is 0 Å². The van der Waals surface area contributed by atoms with Crippen molar-refractivity contribution in [2.45, 2.75) is 18.9 Å². The minimum absolute atomic E-state index is 0.0172. The lowest BCUT2D eigenvalue weighted by Gasteiger charge is -2.16. The van der Waals surface area contributed by atoms with Gasteiger partial charge in [0.2, 0.25) is 0 Å². The van der Waals surface area contributed by atoms with Crippen LogP contribution in [0.4, 0.5) is 0 Å². The third kappa shape index (κ3) is 2.46. The van der Waals surface area contributed by atoms with E-state index in [1.807, 2.05) is 18.2 Å². The maximum Gasteiger partial charge on any atom is 0.192 e. The van der Waals surface area contributed by atoms with E-state index in [0.29, 0.717) is 23.3 Å². The molecule has 1 aliphatic rings. The highest BCUT2D eigenvalue weighted by Gasteiger charge is 2.31. The summed E-state index contributed by atoms with van der Waals surface area (Å²) in [7, 11) is 0. The van der Waals surface area contributed by atoms with Crippen molar-refractivity contribution in [1.82, 2.24) is 0 Å². The summed E-state index contributed by atoms with van der Waals surface area (Å²) in [4.78, 5) is 12.3. The number of para-hydroxylation sites is 1. The molecule has 0 radical (unpaired) electrons. The zero-order valence-electron chi connectivity index (χ0n) is 12.8. The van der Waals surface area contributed by atoms with Gasteiger partial charge in [0.1, 0.15) is 17.4 Å². The topological polar surface area (TPSA) is 54.9 Å². The molecule has 0 amide bonds. The van der Waals surface area contributed by atoms with E-state index in [9.17, 15) is 4.79 Å². The van der Waals surface area contributed by atoms with E-state index in [2.05, 4.69) is 41.4 Å². The van der Waals surface area contributed by atoms with Gasteiger partial charge in [0, 0.05) is 6.07 Å². The van der Waals surface area contributed by atoms with Gasteiger partial charge < -0.3 is 4.42 Å². The maximum atomic E-state index is 12.3. The van der Waals surface area contributed by atoms with Crippen LogP contribution >= 0.6 is 0 Å². The van der Waals surface area contributed by atoms with Crippen LogP contribution in [0, 0.1) is 6.92 Å². The normalized spacial score (nSPS) is 20.2. The van der Waals surface area contributed by atoms with Gasteiger partial charge >= 0.3 is 0 Å². The molecule has 0 aliphatic carbocycles. The highest BCUT2D eigenvalue weighted by molar-refractivity contribution is 5.76. The predicted molar refractivity (Wildman–Crippen MR) is 88.9 cm³/mol. The van der Waals surface area contributed by atoms with Crippen LogP contribution in [0.3, 0.4) is 0 Å². The minimum Gasteiger partial charge on any atom is -0.460 e. The van der Waals surface area contributed by atoms with Crippen LogP contribution in [0.2, 0.25) is 0 Å². The zero-order chi connectivity index (χ0) is 15.8. The smallest absolute Gasteiger partial charge is 0.192 e. The molecule has 1 aromatic heterocycles. The fourth-order valence-corrected chi connectivity index (χ4v) is 3.02. The van der Waals surface area contributed by atoms with Crippen LogP contribution in [0.25, 0.3) is 11.0 Å². The summed E-state index contributed by atoms with van der Waals surface area (Å²) in [6.45, 7) is 2.60. The second-order valence-corrected chi connectivity index (χ2v) is 5.91. The summed E-state index contributed by atoms with van der Waals surface area (Å²) in [5.74, 6) is 0.624. The van der Waals surface area contributed by atoms with Crippen molar-refractivity contribution in [2.75, 3.05) is 6.54 Å². The number of azo groups is 1. The molecule has 0 fully saturated rings. The molecule has 0 spiro atoms. The Morgan fingerprint density at radius 3 is 2.70 bits per heavy atom. The lowest BCUT2D eigenvalue weighted by atomic mass is 9.91. The molecule has 0 saturated carbocycles. The van der Waals surface area contributed by atoms with E-state index in [1.165, 1.54) is 5.56 Å². The van der Waals surface area contributed by atoms with Gasteiger partial charge in [0.05, 0.1) is 17.8 Å². The van der Waals surface area contributed by atoms with Crippen molar-refractivity contribution in [2.24, 2.45) is 10.2 Å². The number of rotatable bonds is 2. The molecule has 2 unspecified atom stereocenters. The molecule has 0 bridgehead atoms. The number of hydrogen-bond acceptors (Lipinski definition) is 4. The first-order valence-corrected chi connectivity index (χ1v) is 7.68. The lowest BCUT2D eigenvalue weighted by molar-refractivity contribution is 0.465. The Morgan fingerprint density at radius 2 is 1.87 bits per heavy atom. The van der Waals surface area contributed by atoms with E-state index in [4.69, 9.17) is 4.42 Å². The average molecular weight is 304 g/mol. The Hall–Kier alpha value is -2.75. The number of fused-ring (bicyclic) bond motifs is 1. The molecule has 2 atom stereocenters. The Kier molecular flexibility index (Phi) is 3.30. The summed E-state index contributed by atoms with van der Waals surface area (Å²) < 4.78 is 5.98. The van der Waals surface area contributed by atoms with Crippen LogP contribution in [-0.2, 0) is 0 Å². The SMILES string of the molecule is Cc1ccc(C2N=NCC2c2cc(=O)c3ccccc3o2)cc1. The highest BCUT2D eigenvalue weighted by Crippen LogP contribution is 2.39.